The number of aromatic nitrogens is 3. The Labute approximate surface area is 338 Å². The molecule has 12 aromatic rings. The molecule has 272 valence electrons. The molecule has 4 heteroatoms. The second-order valence-corrected chi connectivity index (χ2v) is 16.0. The number of rotatable bonds is 2. The average Bonchev–Trinajstić information content (AvgIpc) is 4.01. The number of hydrogen-bond acceptors (Lipinski definition) is 3. The second-order valence-electron chi connectivity index (χ2n) is 16.0. The Kier molecular flexibility index (Phi) is 5.93. The maximum atomic E-state index is 6.78. The number of fused-ring (bicyclic) bond motifs is 19. The predicted octanol–water partition coefficient (Wildman–Crippen LogP) is 13.8. The maximum Gasteiger partial charge on any atom is 0.236 e. The Hall–Kier alpha value is -7.82. The highest BCUT2D eigenvalue weighted by Crippen LogP contribution is 2.63. The molecule has 0 saturated carbocycles. The number of para-hydroxylation sites is 1. The van der Waals surface area contributed by atoms with Gasteiger partial charge in [0.2, 0.25) is 5.95 Å². The molecule has 0 N–H and O–H groups in total. The minimum atomic E-state index is -0.479. The number of furan rings is 1. The first kappa shape index (κ1) is 31.3. The highest BCUT2D eigenvalue weighted by atomic mass is 16.3. The first-order chi connectivity index (χ1) is 29.3. The van der Waals surface area contributed by atoms with Gasteiger partial charge in [0.15, 0.2) is 5.58 Å². The van der Waals surface area contributed by atoms with Gasteiger partial charge in [-0.05, 0) is 102 Å². The number of hydrogen-bond donors (Lipinski definition) is 0. The van der Waals surface area contributed by atoms with E-state index in [0.29, 0.717) is 11.5 Å². The molecule has 2 aliphatic rings. The summed E-state index contributed by atoms with van der Waals surface area (Å²) in [5, 5.41) is 8.12. The molecular formula is C55H31N3O. The van der Waals surface area contributed by atoms with E-state index >= 15 is 0 Å². The summed E-state index contributed by atoms with van der Waals surface area (Å²) in [5.41, 5.74) is 15.9. The predicted molar refractivity (Wildman–Crippen MR) is 240 cm³/mol. The smallest absolute Gasteiger partial charge is 0.236 e. The zero-order valence-corrected chi connectivity index (χ0v) is 31.6. The molecule has 0 fully saturated rings. The second kappa shape index (κ2) is 11.2. The van der Waals surface area contributed by atoms with Crippen LogP contribution in [-0.2, 0) is 5.41 Å². The number of benzene rings is 9. The third kappa shape index (κ3) is 3.93. The Morgan fingerprint density at radius 3 is 1.75 bits per heavy atom. The quantitative estimate of drug-likeness (QED) is 0.177. The largest absolute Gasteiger partial charge is 0.452 e. The Morgan fingerprint density at radius 2 is 1.02 bits per heavy atom. The van der Waals surface area contributed by atoms with Gasteiger partial charge < -0.3 is 4.42 Å². The molecule has 9 aromatic carbocycles. The third-order valence-electron chi connectivity index (χ3n) is 13.2. The fourth-order valence-electron chi connectivity index (χ4n) is 10.8. The van der Waals surface area contributed by atoms with E-state index in [0.717, 1.165) is 38.8 Å². The van der Waals surface area contributed by atoms with E-state index in [1.54, 1.807) is 0 Å². The summed E-state index contributed by atoms with van der Waals surface area (Å²) in [4.78, 5) is 11.1. The van der Waals surface area contributed by atoms with Crippen molar-refractivity contribution in [3.8, 4) is 39.5 Å². The van der Waals surface area contributed by atoms with E-state index in [1.165, 1.54) is 76.8 Å². The Morgan fingerprint density at radius 1 is 0.424 bits per heavy atom. The summed E-state index contributed by atoms with van der Waals surface area (Å²) in [7, 11) is 0. The summed E-state index contributed by atoms with van der Waals surface area (Å²) in [5.74, 6) is 0.611. The van der Waals surface area contributed by atoms with Gasteiger partial charge in [0.25, 0.3) is 0 Å². The SMILES string of the molecule is c1ccc2c(c1)-c1ccccc1C21c2ccccc2-c2ccc(-c3nc(-n4c5cc6ccccc6cc5c5c6ccccc6ccc54)nc4c3oc3ccccc34)cc21. The van der Waals surface area contributed by atoms with Crippen LogP contribution < -0.4 is 0 Å². The maximum absolute atomic E-state index is 6.78. The van der Waals surface area contributed by atoms with Crippen molar-refractivity contribution < 1.29 is 4.42 Å². The lowest BCUT2D eigenvalue weighted by molar-refractivity contribution is 0.666. The van der Waals surface area contributed by atoms with Crippen molar-refractivity contribution in [1.82, 2.24) is 14.5 Å². The van der Waals surface area contributed by atoms with Crippen molar-refractivity contribution in [1.29, 1.82) is 0 Å². The van der Waals surface area contributed by atoms with Crippen molar-refractivity contribution in [2.75, 3.05) is 0 Å². The fraction of sp³-hybridized carbons (Fsp3) is 0.0182. The molecule has 0 bridgehead atoms. The molecule has 0 radical (unpaired) electrons. The average molecular weight is 750 g/mol. The molecule has 0 saturated heterocycles. The molecule has 3 heterocycles. The minimum Gasteiger partial charge on any atom is -0.452 e. The van der Waals surface area contributed by atoms with E-state index in [2.05, 4.69) is 180 Å². The molecule has 0 unspecified atom stereocenters. The van der Waals surface area contributed by atoms with Gasteiger partial charge in [-0.25, -0.2) is 9.97 Å². The summed E-state index contributed by atoms with van der Waals surface area (Å²) in [6.45, 7) is 0. The van der Waals surface area contributed by atoms with Crippen LogP contribution in [0.3, 0.4) is 0 Å². The normalized spacial score (nSPS) is 13.6. The molecule has 0 aliphatic heterocycles. The van der Waals surface area contributed by atoms with Gasteiger partial charge in [0.1, 0.15) is 16.8 Å². The van der Waals surface area contributed by atoms with Crippen molar-refractivity contribution in [3.63, 3.8) is 0 Å². The van der Waals surface area contributed by atoms with Gasteiger partial charge in [0.05, 0.1) is 16.4 Å². The summed E-state index contributed by atoms with van der Waals surface area (Å²) < 4.78 is 9.04. The van der Waals surface area contributed by atoms with Crippen molar-refractivity contribution >= 4 is 65.4 Å². The molecule has 0 atom stereocenters. The summed E-state index contributed by atoms with van der Waals surface area (Å²) in [6.07, 6.45) is 0. The topological polar surface area (TPSA) is 43.9 Å². The zero-order chi connectivity index (χ0) is 38.4. The van der Waals surface area contributed by atoms with Crippen LogP contribution in [0, 0.1) is 0 Å². The Balaban J connectivity index is 1.10. The monoisotopic (exact) mass is 749 g/mol. The molecule has 14 rings (SSSR count). The number of nitrogens with zero attached hydrogens (tertiary/aromatic N) is 3. The van der Waals surface area contributed by atoms with Crippen LogP contribution in [-0.4, -0.2) is 14.5 Å². The van der Waals surface area contributed by atoms with Crippen LogP contribution in [0.25, 0.3) is 105 Å². The highest BCUT2D eigenvalue weighted by Gasteiger charge is 2.51. The Bertz CT molecular complexity index is 3750. The molecule has 4 nitrogen and oxygen atoms in total. The zero-order valence-electron chi connectivity index (χ0n) is 31.6. The summed E-state index contributed by atoms with van der Waals surface area (Å²) >= 11 is 0. The standard InChI is InChI=1S/C55H31N3O/c1-2-15-34-31-48-42(29-33(34)14-1)50-36-16-4-3-13-32(36)26-28-47(50)58(48)54-56-51(53-52(57-54)41-20-8-12-24-49(41)59-53)35-25-27-40-39-19-7-11-23-45(39)55(46(40)30-35)43-21-9-5-17-37(43)38-18-6-10-22-44(38)55/h1-31H. The van der Waals surface area contributed by atoms with Gasteiger partial charge >= 0.3 is 0 Å². The van der Waals surface area contributed by atoms with Gasteiger partial charge in [-0.2, -0.15) is 0 Å². The van der Waals surface area contributed by atoms with E-state index in [4.69, 9.17) is 14.4 Å². The van der Waals surface area contributed by atoms with Crippen LogP contribution >= 0.6 is 0 Å². The van der Waals surface area contributed by atoms with Crippen LogP contribution in [0.5, 0.6) is 0 Å². The first-order valence-corrected chi connectivity index (χ1v) is 20.2. The van der Waals surface area contributed by atoms with E-state index < -0.39 is 5.41 Å². The third-order valence-corrected chi connectivity index (χ3v) is 13.2. The molecule has 2 aliphatic carbocycles. The molecule has 59 heavy (non-hydrogen) atoms. The van der Waals surface area contributed by atoms with Crippen LogP contribution in [0.15, 0.2) is 192 Å². The van der Waals surface area contributed by atoms with Gasteiger partial charge in [0, 0.05) is 21.7 Å². The lowest BCUT2D eigenvalue weighted by Crippen LogP contribution is -2.25. The van der Waals surface area contributed by atoms with E-state index in [9.17, 15) is 0 Å². The lowest BCUT2D eigenvalue weighted by atomic mass is 9.70. The van der Waals surface area contributed by atoms with Crippen LogP contribution in [0.1, 0.15) is 22.3 Å². The molecule has 1 spiro atoms. The van der Waals surface area contributed by atoms with E-state index in [1.807, 2.05) is 12.1 Å². The van der Waals surface area contributed by atoms with Crippen molar-refractivity contribution in [2.45, 2.75) is 5.41 Å². The van der Waals surface area contributed by atoms with Gasteiger partial charge in [-0.3, -0.25) is 4.57 Å². The lowest BCUT2D eigenvalue weighted by Gasteiger charge is -2.30. The molecule has 3 aromatic heterocycles. The highest BCUT2D eigenvalue weighted by molar-refractivity contribution is 6.23. The van der Waals surface area contributed by atoms with Crippen molar-refractivity contribution in [3.05, 3.63) is 210 Å². The van der Waals surface area contributed by atoms with Gasteiger partial charge in [-0.15, -0.1) is 0 Å². The first-order valence-electron chi connectivity index (χ1n) is 20.2. The molecule has 0 amide bonds. The van der Waals surface area contributed by atoms with Gasteiger partial charge in [-0.1, -0.05) is 152 Å². The fourth-order valence-corrected chi connectivity index (χ4v) is 10.8. The molecular weight excluding hydrogens is 719 g/mol. The minimum absolute atomic E-state index is 0.479. The summed E-state index contributed by atoms with van der Waals surface area (Å²) in [6, 6.07) is 68.3. The van der Waals surface area contributed by atoms with Crippen LogP contribution in [0.4, 0.5) is 0 Å². The van der Waals surface area contributed by atoms with E-state index in [-0.39, 0.29) is 0 Å². The van der Waals surface area contributed by atoms with Crippen LogP contribution in [0.2, 0.25) is 0 Å². The van der Waals surface area contributed by atoms with Crippen molar-refractivity contribution in [2.24, 2.45) is 0 Å².